The number of benzene rings is 2. The first-order valence-electron chi connectivity index (χ1n) is 8.08. The van der Waals surface area contributed by atoms with Gasteiger partial charge in [-0.05, 0) is 70.1 Å². The summed E-state index contributed by atoms with van der Waals surface area (Å²) in [5, 5.41) is 4.15. The van der Waals surface area contributed by atoms with Crippen LogP contribution in [-0.4, -0.2) is 15.0 Å². The molecule has 0 atom stereocenters. The van der Waals surface area contributed by atoms with Crippen molar-refractivity contribution in [1.29, 1.82) is 0 Å². The van der Waals surface area contributed by atoms with Crippen LogP contribution in [0.5, 0.6) is 0 Å². The molecule has 1 aliphatic heterocycles. The van der Waals surface area contributed by atoms with E-state index in [9.17, 15) is 8.42 Å². The van der Waals surface area contributed by atoms with Gasteiger partial charge in [0.05, 0.1) is 17.1 Å². The van der Waals surface area contributed by atoms with E-state index >= 15 is 0 Å². The molecule has 3 aromatic rings. The second kappa shape index (κ2) is 6.83. The first-order valence-corrected chi connectivity index (χ1v) is 11.5. The third-order valence-corrected chi connectivity index (χ3v) is 7.75. The van der Waals surface area contributed by atoms with Crippen molar-refractivity contribution in [1.82, 2.24) is 0 Å². The van der Waals surface area contributed by atoms with Crippen molar-refractivity contribution < 1.29 is 8.42 Å². The molecule has 4 rings (SSSR count). The summed E-state index contributed by atoms with van der Waals surface area (Å²) in [5.74, 6) is 0. The molecule has 0 N–H and O–H groups in total. The highest BCUT2D eigenvalue weighted by Crippen LogP contribution is 2.43. The molecule has 0 spiro atoms. The first-order chi connectivity index (χ1) is 12.5. The number of fused-ring (bicyclic) bond motifs is 1. The van der Waals surface area contributed by atoms with Crippen molar-refractivity contribution in [2.24, 2.45) is 0 Å². The Kier molecular flexibility index (Phi) is 4.66. The second-order valence-electron chi connectivity index (χ2n) is 6.13. The van der Waals surface area contributed by atoms with Gasteiger partial charge in [-0.25, -0.2) is 8.42 Å². The Balaban J connectivity index is 1.87. The van der Waals surface area contributed by atoms with Crippen LogP contribution in [0.4, 0.5) is 5.69 Å². The van der Waals surface area contributed by atoms with E-state index in [0.717, 1.165) is 31.5 Å². The number of aryl methyl sites for hydroxylation is 1. The second-order valence-corrected chi connectivity index (χ2v) is 10.1. The Morgan fingerprint density at radius 1 is 1.04 bits per heavy atom. The number of rotatable bonds is 3. The molecule has 3 nitrogen and oxygen atoms in total. The molecule has 2 aromatic carbocycles. The number of para-hydroxylation sites is 1. The SMILES string of the molecule is Cc1ccc(S(=O)(=O)N2CC(I)=C(c3ccsc3)c3ccccc32)cc1. The van der Waals surface area contributed by atoms with Gasteiger partial charge in [0.15, 0.2) is 0 Å². The maximum atomic E-state index is 13.3. The predicted octanol–water partition coefficient (Wildman–Crippen LogP) is 5.46. The number of nitrogens with zero attached hydrogens (tertiary/aromatic N) is 1. The van der Waals surface area contributed by atoms with E-state index in [4.69, 9.17) is 0 Å². The monoisotopic (exact) mass is 493 g/mol. The largest absolute Gasteiger partial charge is 0.264 e. The van der Waals surface area contributed by atoms with Gasteiger partial charge < -0.3 is 0 Å². The number of hydrogen-bond donors (Lipinski definition) is 0. The van der Waals surface area contributed by atoms with E-state index in [2.05, 4.69) is 34.0 Å². The average Bonchev–Trinajstić information content (AvgIpc) is 3.15. The van der Waals surface area contributed by atoms with Gasteiger partial charge in [-0.15, -0.1) is 0 Å². The van der Waals surface area contributed by atoms with E-state index in [1.165, 1.54) is 4.31 Å². The highest BCUT2D eigenvalue weighted by molar-refractivity contribution is 14.1. The lowest BCUT2D eigenvalue weighted by atomic mass is 9.96. The molecule has 1 aromatic heterocycles. The molecular formula is C20H16INO2S2. The zero-order chi connectivity index (χ0) is 18.3. The van der Waals surface area contributed by atoms with Crippen molar-refractivity contribution in [3.8, 4) is 0 Å². The van der Waals surface area contributed by atoms with E-state index in [0.29, 0.717) is 11.4 Å². The molecule has 1 aliphatic rings. The van der Waals surface area contributed by atoms with Crippen LogP contribution in [0.25, 0.3) is 5.57 Å². The Labute approximate surface area is 171 Å². The van der Waals surface area contributed by atoms with Crippen molar-refractivity contribution in [3.05, 3.63) is 85.6 Å². The van der Waals surface area contributed by atoms with Crippen LogP contribution in [-0.2, 0) is 10.0 Å². The first kappa shape index (κ1) is 17.8. The number of halogens is 1. The molecule has 0 saturated carbocycles. The Bertz CT molecular complexity index is 1090. The molecule has 0 unspecified atom stereocenters. The Morgan fingerprint density at radius 2 is 1.77 bits per heavy atom. The zero-order valence-electron chi connectivity index (χ0n) is 14.0. The molecular weight excluding hydrogens is 477 g/mol. The maximum absolute atomic E-state index is 13.3. The number of thiophene rings is 1. The zero-order valence-corrected chi connectivity index (χ0v) is 17.8. The van der Waals surface area contributed by atoms with Crippen LogP contribution in [0.15, 0.2) is 73.8 Å². The lowest BCUT2D eigenvalue weighted by Crippen LogP contribution is -2.35. The summed E-state index contributed by atoms with van der Waals surface area (Å²) >= 11 is 3.92. The van der Waals surface area contributed by atoms with Crippen molar-refractivity contribution in [2.75, 3.05) is 10.8 Å². The van der Waals surface area contributed by atoms with Crippen molar-refractivity contribution in [3.63, 3.8) is 0 Å². The lowest BCUT2D eigenvalue weighted by molar-refractivity contribution is 0.592. The molecule has 0 saturated heterocycles. The molecule has 26 heavy (non-hydrogen) atoms. The van der Waals surface area contributed by atoms with Crippen molar-refractivity contribution >= 4 is 55.2 Å². The van der Waals surface area contributed by atoms with Crippen LogP contribution in [0.3, 0.4) is 0 Å². The molecule has 0 fully saturated rings. The number of sulfonamides is 1. The minimum atomic E-state index is -3.62. The number of hydrogen-bond acceptors (Lipinski definition) is 3. The number of anilines is 1. The van der Waals surface area contributed by atoms with Crippen LogP contribution in [0, 0.1) is 6.92 Å². The quantitative estimate of drug-likeness (QED) is 0.455. The fourth-order valence-electron chi connectivity index (χ4n) is 3.11. The van der Waals surface area contributed by atoms with E-state index in [1.807, 2.05) is 48.7 Å². The average molecular weight is 493 g/mol. The van der Waals surface area contributed by atoms with Gasteiger partial charge in [0.25, 0.3) is 10.0 Å². The molecule has 6 heteroatoms. The fraction of sp³-hybridized carbons (Fsp3) is 0.100. The minimum absolute atomic E-state index is 0.320. The summed E-state index contributed by atoms with van der Waals surface area (Å²) in [6.45, 7) is 2.30. The third-order valence-electron chi connectivity index (χ3n) is 4.41. The van der Waals surface area contributed by atoms with Gasteiger partial charge in [-0.1, -0.05) is 35.9 Å². The minimum Gasteiger partial charge on any atom is -0.261 e. The summed E-state index contributed by atoms with van der Waals surface area (Å²) in [5.41, 5.74) is 4.99. The van der Waals surface area contributed by atoms with Crippen LogP contribution in [0.1, 0.15) is 16.7 Å². The van der Waals surface area contributed by atoms with Crippen molar-refractivity contribution in [2.45, 2.75) is 11.8 Å². The van der Waals surface area contributed by atoms with Gasteiger partial charge in [0.2, 0.25) is 0 Å². The maximum Gasteiger partial charge on any atom is 0.264 e. The van der Waals surface area contributed by atoms with Crippen LogP contribution < -0.4 is 4.31 Å². The molecule has 132 valence electrons. The van der Waals surface area contributed by atoms with Gasteiger partial charge in [-0.3, -0.25) is 4.31 Å². The van der Waals surface area contributed by atoms with Crippen LogP contribution in [0.2, 0.25) is 0 Å². The smallest absolute Gasteiger partial charge is 0.261 e. The Morgan fingerprint density at radius 3 is 2.46 bits per heavy atom. The Hall–Kier alpha value is -1.64. The van der Waals surface area contributed by atoms with Gasteiger partial charge in [-0.2, -0.15) is 11.3 Å². The van der Waals surface area contributed by atoms with E-state index < -0.39 is 10.0 Å². The van der Waals surface area contributed by atoms with Gasteiger partial charge in [0, 0.05) is 14.7 Å². The summed E-state index contributed by atoms with van der Waals surface area (Å²) < 4.78 is 29.1. The molecule has 0 radical (unpaired) electrons. The predicted molar refractivity (Wildman–Crippen MR) is 117 cm³/mol. The standard InChI is InChI=1S/C20H16INO2S2/c1-14-6-8-16(9-7-14)26(23,24)22-12-18(21)20(15-10-11-25-13-15)17-4-2-3-5-19(17)22/h2-11,13H,12H2,1H3. The summed E-state index contributed by atoms with van der Waals surface area (Å²) in [6.07, 6.45) is 0. The summed E-state index contributed by atoms with van der Waals surface area (Å²) in [7, 11) is -3.62. The molecule has 0 bridgehead atoms. The molecule has 2 heterocycles. The topological polar surface area (TPSA) is 37.4 Å². The lowest BCUT2D eigenvalue weighted by Gasteiger charge is -2.32. The highest BCUT2D eigenvalue weighted by Gasteiger charge is 2.32. The normalized spacial score (nSPS) is 14.5. The van der Waals surface area contributed by atoms with Crippen LogP contribution >= 0.6 is 33.9 Å². The highest BCUT2D eigenvalue weighted by atomic mass is 127. The summed E-state index contributed by atoms with van der Waals surface area (Å²) in [4.78, 5) is 0.320. The third kappa shape index (κ3) is 3.00. The van der Waals surface area contributed by atoms with Gasteiger partial charge >= 0.3 is 0 Å². The van der Waals surface area contributed by atoms with E-state index in [1.54, 1.807) is 23.5 Å². The summed E-state index contributed by atoms with van der Waals surface area (Å²) in [6, 6.07) is 16.8. The molecule has 0 amide bonds. The fourth-order valence-corrected chi connectivity index (χ4v) is 6.38. The molecule has 0 aliphatic carbocycles. The van der Waals surface area contributed by atoms with E-state index in [-0.39, 0.29) is 0 Å². The van der Waals surface area contributed by atoms with Gasteiger partial charge in [0.1, 0.15) is 0 Å².